The molecule has 0 aliphatic heterocycles. The third-order valence-electron chi connectivity index (χ3n) is 2.72. The number of allylic oxidation sites excluding steroid dienone is 1. The van der Waals surface area contributed by atoms with Gasteiger partial charge in [-0.05, 0) is 25.0 Å². The molecule has 6 heteroatoms. The maximum absolute atomic E-state index is 11.7. The molecule has 0 aliphatic rings. The second-order valence-corrected chi connectivity index (χ2v) is 4.26. The fourth-order valence-electron chi connectivity index (χ4n) is 1.66. The number of carbonyl (C=O) groups is 2. The van der Waals surface area contributed by atoms with E-state index in [4.69, 9.17) is 14.6 Å². The fourth-order valence-corrected chi connectivity index (χ4v) is 1.66. The molecule has 0 spiro atoms. The van der Waals surface area contributed by atoms with Crippen molar-refractivity contribution < 1.29 is 24.2 Å². The fraction of sp³-hybridized carbons (Fsp3) is 0.333. The maximum Gasteiger partial charge on any atom is 0.326 e. The van der Waals surface area contributed by atoms with Crippen LogP contribution in [0.4, 0.5) is 0 Å². The SMILES string of the molecule is C=CCCC(NC(=O)COc1ccccc1OC)C(=O)O. The Labute approximate surface area is 123 Å². The number of rotatable bonds is 9. The average molecular weight is 293 g/mol. The lowest BCUT2D eigenvalue weighted by Gasteiger charge is -2.14. The molecular weight excluding hydrogens is 274 g/mol. The van der Waals surface area contributed by atoms with Gasteiger partial charge in [0.15, 0.2) is 18.1 Å². The first-order valence-corrected chi connectivity index (χ1v) is 6.47. The van der Waals surface area contributed by atoms with E-state index in [-0.39, 0.29) is 6.61 Å². The molecule has 0 bridgehead atoms. The Morgan fingerprint density at radius 2 is 2.05 bits per heavy atom. The van der Waals surface area contributed by atoms with E-state index in [2.05, 4.69) is 11.9 Å². The van der Waals surface area contributed by atoms with E-state index < -0.39 is 17.9 Å². The summed E-state index contributed by atoms with van der Waals surface area (Å²) >= 11 is 0. The van der Waals surface area contributed by atoms with Crippen LogP contribution < -0.4 is 14.8 Å². The summed E-state index contributed by atoms with van der Waals surface area (Å²) in [5.41, 5.74) is 0. The van der Waals surface area contributed by atoms with Gasteiger partial charge in [-0.15, -0.1) is 6.58 Å². The molecule has 6 nitrogen and oxygen atoms in total. The minimum Gasteiger partial charge on any atom is -0.493 e. The minimum absolute atomic E-state index is 0.280. The van der Waals surface area contributed by atoms with E-state index in [1.807, 2.05) is 0 Å². The molecule has 2 N–H and O–H groups in total. The molecule has 0 saturated carbocycles. The predicted molar refractivity (Wildman–Crippen MR) is 77.5 cm³/mol. The van der Waals surface area contributed by atoms with Crippen molar-refractivity contribution in [2.24, 2.45) is 0 Å². The lowest BCUT2D eigenvalue weighted by atomic mass is 10.1. The molecule has 0 fully saturated rings. The van der Waals surface area contributed by atoms with E-state index in [1.165, 1.54) is 7.11 Å². The Bertz CT molecular complexity index is 501. The van der Waals surface area contributed by atoms with E-state index in [9.17, 15) is 9.59 Å². The lowest BCUT2D eigenvalue weighted by molar-refractivity contribution is -0.142. The number of ether oxygens (including phenoxy) is 2. The summed E-state index contributed by atoms with van der Waals surface area (Å²) in [6, 6.07) is 5.95. The number of methoxy groups -OCH3 is 1. The average Bonchev–Trinajstić information content (AvgIpc) is 2.49. The number of nitrogens with one attached hydrogen (secondary N) is 1. The van der Waals surface area contributed by atoms with Gasteiger partial charge in [-0.1, -0.05) is 18.2 Å². The third-order valence-corrected chi connectivity index (χ3v) is 2.72. The van der Waals surface area contributed by atoms with Crippen LogP contribution in [0.15, 0.2) is 36.9 Å². The number of carbonyl (C=O) groups excluding carboxylic acids is 1. The molecular formula is C15H19NO5. The normalized spacial score (nSPS) is 11.3. The van der Waals surface area contributed by atoms with E-state index in [1.54, 1.807) is 30.3 Å². The molecule has 0 aliphatic carbocycles. The Kier molecular flexibility index (Phi) is 6.80. The monoisotopic (exact) mass is 293 g/mol. The molecule has 1 aromatic carbocycles. The zero-order valence-corrected chi connectivity index (χ0v) is 11.9. The molecule has 0 aromatic heterocycles. The Hall–Kier alpha value is -2.50. The lowest BCUT2D eigenvalue weighted by Crippen LogP contribution is -2.42. The van der Waals surface area contributed by atoms with Gasteiger partial charge in [0.1, 0.15) is 6.04 Å². The zero-order valence-electron chi connectivity index (χ0n) is 11.9. The molecule has 1 aromatic rings. The quantitative estimate of drug-likeness (QED) is 0.676. The highest BCUT2D eigenvalue weighted by Gasteiger charge is 2.19. The highest BCUT2D eigenvalue weighted by atomic mass is 16.5. The number of hydrogen-bond donors (Lipinski definition) is 2. The van der Waals surface area contributed by atoms with Crippen molar-refractivity contribution in [3.8, 4) is 11.5 Å². The van der Waals surface area contributed by atoms with Gasteiger partial charge in [0.2, 0.25) is 0 Å². The van der Waals surface area contributed by atoms with E-state index in [0.29, 0.717) is 24.3 Å². The standard InChI is InChI=1S/C15H19NO5/c1-3-4-7-11(15(18)19)16-14(17)10-21-13-9-6-5-8-12(13)20-2/h3,5-6,8-9,11H,1,4,7,10H2,2H3,(H,16,17)(H,18,19). The van der Waals surface area contributed by atoms with Crippen LogP contribution in [-0.4, -0.2) is 36.7 Å². The number of amides is 1. The van der Waals surface area contributed by atoms with Crippen molar-refractivity contribution in [1.82, 2.24) is 5.32 Å². The van der Waals surface area contributed by atoms with Crippen molar-refractivity contribution in [2.45, 2.75) is 18.9 Å². The first-order chi connectivity index (χ1) is 10.1. The van der Waals surface area contributed by atoms with Gasteiger partial charge in [-0.2, -0.15) is 0 Å². The van der Waals surface area contributed by atoms with E-state index in [0.717, 1.165) is 0 Å². The molecule has 1 atom stereocenters. The van der Waals surface area contributed by atoms with Crippen LogP contribution in [0, 0.1) is 0 Å². The van der Waals surface area contributed by atoms with Crippen LogP contribution in [0.5, 0.6) is 11.5 Å². The number of carboxylic acids is 1. The minimum atomic E-state index is -1.08. The van der Waals surface area contributed by atoms with Crippen LogP contribution in [0.1, 0.15) is 12.8 Å². The Balaban J connectivity index is 2.52. The molecule has 0 heterocycles. The molecule has 114 valence electrons. The first-order valence-electron chi connectivity index (χ1n) is 6.47. The summed E-state index contributed by atoms with van der Waals surface area (Å²) in [6.45, 7) is 3.24. The maximum atomic E-state index is 11.7. The van der Waals surface area contributed by atoms with Crippen LogP contribution in [0.3, 0.4) is 0 Å². The van der Waals surface area contributed by atoms with Gasteiger partial charge in [0.25, 0.3) is 5.91 Å². The summed E-state index contributed by atoms with van der Waals surface area (Å²) in [5, 5.41) is 11.4. The van der Waals surface area contributed by atoms with Crippen LogP contribution in [-0.2, 0) is 9.59 Å². The molecule has 1 amide bonds. The number of benzene rings is 1. The second-order valence-electron chi connectivity index (χ2n) is 4.26. The summed E-state index contributed by atoms with van der Waals surface area (Å²) in [6.07, 6.45) is 2.40. The first kappa shape index (κ1) is 16.6. The van der Waals surface area contributed by atoms with Gasteiger partial charge in [-0.25, -0.2) is 4.79 Å². The van der Waals surface area contributed by atoms with Gasteiger partial charge in [0.05, 0.1) is 7.11 Å². The van der Waals surface area contributed by atoms with Crippen molar-refractivity contribution in [2.75, 3.05) is 13.7 Å². The highest BCUT2D eigenvalue weighted by molar-refractivity contribution is 5.84. The molecule has 0 radical (unpaired) electrons. The van der Waals surface area contributed by atoms with Crippen LogP contribution in [0.2, 0.25) is 0 Å². The Morgan fingerprint density at radius 3 is 2.62 bits per heavy atom. The summed E-state index contributed by atoms with van der Waals surface area (Å²) in [4.78, 5) is 22.7. The Morgan fingerprint density at radius 1 is 1.38 bits per heavy atom. The van der Waals surface area contributed by atoms with Gasteiger partial charge >= 0.3 is 5.97 Å². The van der Waals surface area contributed by atoms with Gasteiger partial charge in [0, 0.05) is 0 Å². The second kappa shape index (κ2) is 8.63. The smallest absolute Gasteiger partial charge is 0.326 e. The number of para-hydroxylation sites is 2. The molecule has 1 unspecified atom stereocenters. The van der Waals surface area contributed by atoms with Crippen molar-refractivity contribution >= 4 is 11.9 Å². The molecule has 0 saturated heterocycles. The third kappa shape index (κ3) is 5.56. The largest absolute Gasteiger partial charge is 0.493 e. The van der Waals surface area contributed by atoms with Crippen molar-refractivity contribution in [3.05, 3.63) is 36.9 Å². The molecule has 1 rings (SSSR count). The topological polar surface area (TPSA) is 84.9 Å². The summed E-state index contributed by atoms with van der Waals surface area (Å²) in [7, 11) is 1.50. The van der Waals surface area contributed by atoms with Gasteiger partial charge in [-0.3, -0.25) is 4.79 Å². The van der Waals surface area contributed by atoms with Crippen LogP contribution >= 0.6 is 0 Å². The highest BCUT2D eigenvalue weighted by Crippen LogP contribution is 2.25. The molecule has 21 heavy (non-hydrogen) atoms. The van der Waals surface area contributed by atoms with E-state index >= 15 is 0 Å². The summed E-state index contributed by atoms with van der Waals surface area (Å²) in [5.74, 6) is -0.653. The number of aliphatic carboxylic acids is 1. The number of carboxylic acid groups (broad SMARTS) is 1. The van der Waals surface area contributed by atoms with Crippen molar-refractivity contribution in [3.63, 3.8) is 0 Å². The van der Waals surface area contributed by atoms with Crippen molar-refractivity contribution in [1.29, 1.82) is 0 Å². The predicted octanol–water partition coefficient (Wildman–Crippen LogP) is 1.61. The number of hydrogen-bond acceptors (Lipinski definition) is 4. The zero-order chi connectivity index (χ0) is 15.7. The van der Waals surface area contributed by atoms with Gasteiger partial charge < -0.3 is 19.9 Å². The summed E-state index contributed by atoms with van der Waals surface area (Å²) < 4.78 is 10.4. The van der Waals surface area contributed by atoms with Crippen LogP contribution in [0.25, 0.3) is 0 Å².